The maximum absolute atomic E-state index is 12.1. The Kier molecular flexibility index (Phi) is 5.66. The number of urea groups is 1. The molecule has 2 amide bonds. The molecule has 0 atom stereocenters. The minimum absolute atomic E-state index is 0.210. The third-order valence-corrected chi connectivity index (χ3v) is 5.02. The number of thiazole rings is 1. The lowest BCUT2D eigenvalue weighted by molar-refractivity contribution is 0.251. The fourth-order valence-corrected chi connectivity index (χ4v) is 3.47. The Labute approximate surface area is 161 Å². The van der Waals surface area contributed by atoms with E-state index in [4.69, 9.17) is 0 Å². The summed E-state index contributed by atoms with van der Waals surface area (Å²) in [5.41, 5.74) is 3.23. The van der Waals surface area contributed by atoms with E-state index in [1.807, 2.05) is 45.0 Å². The lowest BCUT2D eigenvalue weighted by Gasteiger charge is -2.09. The first-order valence-corrected chi connectivity index (χ1v) is 9.38. The van der Waals surface area contributed by atoms with E-state index in [1.54, 1.807) is 17.4 Å². The van der Waals surface area contributed by atoms with Crippen molar-refractivity contribution in [2.45, 2.75) is 27.3 Å². The SMILES string of the molecule is Cc1ccc(NC(=O)NCCn2nc(-c3sc(C)nc3C)ccc2=O)cc1. The van der Waals surface area contributed by atoms with Crippen molar-refractivity contribution in [2.75, 3.05) is 11.9 Å². The molecule has 0 bridgehead atoms. The number of carbonyl (C=O) groups excluding carboxylic acids is 1. The van der Waals surface area contributed by atoms with Gasteiger partial charge in [-0.1, -0.05) is 17.7 Å². The highest BCUT2D eigenvalue weighted by molar-refractivity contribution is 7.15. The van der Waals surface area contributed by atoms with Crippen LogP contribution in [-0.2, 0) is 6.54 Å². The van der Waals surface area contributed by atoms with Crippen molar-refractivity contribution < 1.29 is 4.79 Å². The smallest absolute Gasteiger partial charge is 0.319 e. The maximum Gasteiger partial charge on any atom is 0.319 e. The van der Waals surface area contributed by atoms with Crippen LogP contribution in [0.2, 0.25) is 0 Å². The number of aromatic nitrogens is 3. The molecular weight excluding hydrogens is 362 g/mol. The van der Waals surface area contributed by atoms with E-state index in [2.05, 4.69) is 20.7 Å². The predicted octanol–water partition coefficient (Wildman–Crippen LogP) is 3.11. The van der Waals surface area contributed by atoms with Gasteiger partial charge < -0.3 is 10.6 Å². The van der Waals surface area contributed by atoms with Crippen molar-refractivity contribution in [1.29, 1.82) is 0 Å². The first-order chi connectivity index (χ1) is 12.9. The van der Waals surface area contributed by atoms with Crippen molar-refractivity contribution in [1.82, 2.24) is 20.1 Å². The minimum atomic E-state index is -0.322. The van der Waals surface area contributed by atoms with Crippen molar-refractivity contribution in [3.63, 3.8) is 0 Å². The zero-order chi connectivity index (χ0) is 19.4. The van der Waals surface area contributed by atoms with Gasteiger partial charge in [-0.15, -0.1) is 11.3 Å². The summed E-state index contributed by atoms with van der Waals surface area (Å²) in [5, 5.41) is 10.9. The van der Waals surface area contributed by atoms with E-state index >= 15 is 0 Å². The molecule has 0 spiro atoms. The van der Waals surface area contributed by atoms with Gasteiger partial charge in [-0.2, -0.15) is 5.10 Å². The van der Waals surface area contributed by atoms with Gasteiger partial charge in [-0.05, 0) is 39.0 Å². The van der Waals surface area contributed by atoms with Crippen LogP contribution >= 0.6 is 11.3 Å². The minimum Gasteiger partial charge on any atom is -0.336 e. The summed E-state index contributed by atoms with van der Waals surface area (Å²) >= 11 is 1.54. The van der Waals surface area contributed by atoms with Crippen LogP contribution in [0, 0.1) is 20.8 Å². The molecule has 27 heavy (non-hydrogen) atoms. The Hall–Kier alpha value is -3.00. The molecular formula is C19H21N5O2S. The molecule has 0 saturated carbocycles. The molecule has 0 saturated heterocycles. The van der Waals surface area contributed by atoms with Gasteiger partial charge in [0.25, 0.3) is 5.56 Å². The van der Waals surface area contributed by atoms with Crippen LogP contribution in [0.5, 0.6) is 0 Å². The Morgan fingerprint density at radius 2 is 1.85 bits per heavy atom. The first kappa shape index (κ1) is 18.8. The number of hydrogen-bond acceptors (Lipinski definition) is 5. The standard InChI is InChI=1S/C19H21N5O2S/c1-12-4-6-15(7-5-12)22-19(26)20-10-11-24-17(25)9-8-16(23-24)18-13(2)21-14(3)27-18/h4-9H,10-11H2,1-3H3,(H2,20,22,26). The van der Waals surface area contributed by atoms with Crippen LogP contribution in [-0.4, -0.2) is 27.3 Å². The number of benzene rings is 1. The topological polar surface area (TPSA) is 88.9 Å². The molecule has 2 heterocycles. The Morgan fingerprint density at radius 3 is 2.52 bits per heavy atom. The van der Waals surface area contributed by atoms with Gasteiger partial charge in [0.1, 0.15) is 5.69 Å². The average Bonchev–Trinajstić information content (AvgIpc) is 2.97. The second kappa shape index (κ2) is 8.13. The third kappa shape index (κ3) is 4.79. The number of nitrogens with one attached hydrogen (secondary N) is 2. The summed E-state index contributed by atoms with van der Waals surface area (Å²) in [6.45, 7) is 6.41. The van der Waals surface area contributed by atoms with Gasteiger partial charge >= 0.3 is 6.03 Å². The van der Waals surface area contributed by atoms with Gasteiger partial charge in [-0.3, -0.25) is 4.79 Å². The van der Waals surface area contributed by atoms with Crippen LogP contribution < -0.4 is 16.2 Å². The first-order valence-electron chi connectivity index (χ1n) is 8.56. The fraction of sp³-hybridized carbons (Fsp3) is 0.263. The van der Waals surface area contributed by atoms with E-state index < -0.39 is 0 Å². The number of carbonyl (C=O) groups is 1. The molecule has 0 aliphatic heterocycles. The molecule has 3 aromatic rings. The molecule has 140 valence electrons. The highest BCUT2D eigenvalue weighted by atomic mass is 32.1. The molecule has 3 rings (SSSR count). The van der Waals surface area contributed by atoms with E-state index in [-0.39, 0.29) is 24.7 Å². The van der Waals surface area contributed by atoms with Gasteiger partial charge in [0.15, 0.2) is 0 Å². The molecule has 0 aliphatic carbocycles. The molecule has 0 fully saturated rings. The van der Waals surface area contributed by atoms with Gasteiger partial charge in [0.2, 0.25) is 0 Å². The summed E-state index contributed by atoms with van der Waals surface area (Å²) < 4.78 is 1.36. The fourth-order valence-electron chi connectivity index (χ4n) is 2.59. The highest BCUT2D eigenvalue weighted by Crippen LogP contribution is 2.27. The molecule has 0 radical (unpaired) electrons. The summed E-state index contributed by atoms with van der Waals surface area (Å²) in [7, 11) is 0. The van der Waals surface area contributed by atoms with Crippen molar-refractivity contribution in [3.8, 4) is 10.6 Å². The molecule has 0 aliphatic rings. The number of aryl methyl sites for hydroxylation is 3. The van der Waals surface area contributed by atoms with Crippen molar-refractivity contribution in [2.24, 2.45) is 0 Å². The van der Waals surface area contributed by atoms with Gasteiger partial charge in [-0.25, -0.2) is 14.5 Å². The van der Waals surface area contributed by atoms with Crippen LogP contribution in [0.3, 0.4) is 0 Å². The second-order valence-electron chi connectivity index (χ2n) is 6.17. The molecule has 8 heteroatoms. The lowest BCUT2D eigenvalue weighted by Crippen LogP contribution is -2.34. The Bertz CT molecular complexity index is 1010. The quantitative estimate of drug-likeness (QED) is 0.708. The molecule has 1 aromatic carbocycles. The number of hydrogen-bond donors (Lipinski definition) is 2. The summed E-state index contributed by atoms with van der Waals surface area (Å²) in [6.07, 6.45) is 0. The summed E-state index contributed by atoms with van der Waals surface area (Å²) in [5.74, 6) is 0. The normalized spacial score (nSPS) is 10.6. The van der Waals surface area contributed by atoms with E-state index in [1.165, 1.54) is 10.7 Å². The van der Waals surface area contributed by atoms with Gasteiger partial charge in [0.05, 0.1) is 22.1 Å². The largest absolute Gasteiger partial charge is 0.336 e. The molecule has 7 nitrogen and oxygen atoms in total. The van der Waals surface area contributed by atoms with Crippen LogP contribution in [0.4, 0.5) is 10.5 Å². The second-order valence-corrected chi connectivity index (χ2v) is 7.38. The third-order valence-electron chi connectivity index (χ3n) is 3.92. The zero-order valence-corrected chi connectivity index (χ0v) is 16.3. The van der Waals surface area contributed by atoms with E-state index in [0.717, 1.165) is 21.1 Å². The number of amides is 2. The summed E-state index contributed by atoms with van der Waals surface area (Å²) in [6, 6.07) is 10.4. The lowest BCUT2D eigenvalue weighted by atomic mass is 10.2. The van der Waals surface area contributed by atoms with Crippen molar-refractivity contribution >= 4 is 23.1 Å². The number of anilines is 1. The van der Waals surface area contributed by atoms with Crippen LogP contribution in [0.15, 0.2) is 41.2 Å². The van der Waals surface area contributed by atoms with Gasteiger partial charge in [0, 0.05) is 18.3 Å². The average molecular weight is 383 g/mol. The van der Waals surface area contributed by atoms with E-state index in [0.29, 0.717) is 11.4 Å². The van der Waals surface area contributed by atoms with Crippen LogP contribution in [0.25, 0.3) is 10.6 Å². The number of nitrogens with zero attached hydrogens (tertiary/aromatic N) is 3. The van der Waals surface area contributed by atoms with Crippen molar-refractivity contribution in [3.05, 3.63) is 63.0 Å². The maximum atomic E-state index is 12.1. The molecule has 0 unspecified atom stereocenters. The Morgan fingerprint density at radius 1 is 1.11 bits per heavy atom. The Balaban J connectivity index is 1.61. The molecule has 2 aromatic heterocycles. The highest BCUT2D eigenvalue weighted by Gasteiger charge is 2.11. The predicted molar refractivity (Wildman–Crippen MR) is 107 cm³/mol. The molecule has 2 N–H and O–H groups in total. The van der Waals surface area contributed by atoms with Crippen LogP contribution in [0.1, 0.15) is 16.3 Å². The number of rotatable bonds is 5. The summed E-state index contributed by atoms with van der Waals surface area (Å²) in [4.78, 5) is 29.4. The van der Waals surface area contributed by atoms with E-state index in [9.17, 15) is 9.59 Å². The zero-order valence-electron chi connectivity index (χ0n) is 15.4. The monoisotopic (exact) mass is 383 g/mol.